The van der Waals surface area contributed by atoms with Crippen LogP contribution in [-0.4, -0.2) is 12.1 Å². The van der Waals surface area contributed by atoms with Crippen molar-refractivity contribution in [3.05, 3.63) is 35.4 Å². The van der Waals surface area contributed by atoms with E-state index in [1.807, 2.05) is 24.3 Å². The number of ether oxygens (including phenoxy) is 1. The van der Waals surface area contributed by atoms with Crippen LogP contribution in [0.25, 0.3) is 0 Å². The van der Waals surface area contributed by atoms with E-state index in [4.69, 9.17) is 16.3 Å². The third-order valence-electron chi connectivity index (χ3n) is 2.42. The highest BCUT2D eigenvalue weighted by Crippen LogP contribution is 2.37. The van der Waals surface area contributed by atoms with Gasteiger partial charge >= 0.3 is 5.97 Å². The zero-order valence-electron chi connectivity index (χ0n) is 7.87. The van der Waals surface area contributed by atoms with Gasteiger partial charge in [-0.3, -0.25) is 4.79 Å². The van der Waals surface area contributed by atoms with Gasteiger partial charge in [0.1, 0.15) is 6.10 Å². The van der Waals surface area contributed by atoms with Crippen molar-refractivity contribution in [1.82, 2.24) is 0 Å². The Hall–Kier alpha value is -1.02. The molecule has 0 radical (unpaired) electrons. The van der Waals surface area contributed by atoms with Crippen LogP contribution in [0.2, 0.25) is 0 Å². The lowest BCUT2D eigenvalue weighted by Gasteiger charge is -2.13. The molecule has 0 aromatic heterocycles. The van der Waals surface area contributed by atoms with Crippen LogP contribution >= 0.6 is 11.6 Å². The van der Waals surface area contributed by atoms with Gasteiger partial charge in [-0.05, 0) is 11.1 Å². The monoisotopic (exact) mass is 210 g/mol. The van der Waals surface area contributed by atoms with Crippen molar-refractivity contribution in [2.45, 2.75) is 24.8 Å². The van der Waals surface area contributed by atoms with Gasteiger partial charge in [0, 0.05) is 13.3 Å². The van der Waals surface area contributed by atoms with Gasteiger partial charge in [-0.2, -0.15) is 0 Å². The number of hydrogen-bond donors (Lipinski definition) is 0. The highest BCUT2D eigenvalue weighted by Gasteiger charge is 2.32. The van der Waals surface area contributed by atoms with Crippen molar-refractivity contribution in [3.63, 3.8) is 0 Å². The Morgan fingerprint density at radius 1 is 1.50 bits per heavy atom. The lowest BCUT2D eigenvalue weighted by molar-refractivity contribution is -0.145. The Morgan fingerprint density at radius 2 is 2.21 bits per heavy atom. The Kier molecular flexibility index (Phi) is 2.46. The highest BCUT2D eigenvalue weighted by atomic mass is 35.5. The van der Waals surface area contributed by atoms with Crippen molar-refractivity contribution in [2.24, 2.45) is 0 Å². The van der Waals surface area contributed by atoms with Crippen molar-refractivity contribution < 1.29 is 9.53 Å². The number of rotatable bonds is 1. The first-order valence-electron chi connectivity index (χ1n) is 4.57. The number of benzene rings is 1. The fourth-order valence-electron chi connectivity index (χ4n) is 1.82. The van der Waals surface area contributed by atoms with Crippen molar-refractivity contribution in [1.29, 1.82) is 0 Å². The second kappa shape index (κ2) is 3.62. The Balaban J connectivity index is 2.21. The van der Waals surface area contributed by atoms with E-state index in [0.29, 0.717) is 0 Å². The Labute approximate surface area is 87.8 Å². The van der Waals surface area contributed by atoms with Crippen LogP contribution in [0.4, 0.5) is 0 Å². The SMILES string of the molecule is CC(=O)O[C@@H]1Cc2ccccc2[C@H]1Cl. The van der Waals surface area contributed by atoms with Gasteiger partial charge in [0.25, 0.3) is 0 Å². The van der Waals surface area contributed by atoms with Gasteiger partial charge in [0.2, 0.25) is 0 Å². The third-order valence-corrected chi connectivity index (χ3v) is 2.93. The molecule has 0 N–H and O–H groups in total. The summed E-state index contributed by atoms with van der Waals surface area (Å²) < 4.78 is 5.14. The molecule has 0 amide bonds. The molecule has 2 nitrogen and oxygen atoms in total. The molecular formula is C11H11ClO2. The molecule has 2 atom stereocenters. The molecule has 14 heavy (non-hydrogen) atoms. The summed E-state index contributed by atoms with van der Waals surface area (Å²) in [5.41, 5.74) is 2.26. The maximum atomic E-state index is 10.8. The smallest absolute Gasteiger partial charge is 0.302 e. The van der Waals surface area contributed by atoms with E-state index in [1.165, 1.54) is 12.5 Å². The van der Waals surface area contributed by atoms with Crippen LogP contribution in [-0.2, 0) is 16.0 Å². The van der Waals surface area contributed by atoms with Crippen LogP contribution in [0.15, 0.2) is 24.3 Å². The Bertz CT molecular complexity index is 362. The topological polar surface area (TPSA) is 26.3 Å². The summed E-state index contributed by atoms with van der Waals surface area (Å²) in [4.78, 5) is 10.8. The predicted molar refractivity (Wildman–Crippen MR) is 54.3 cm³/mol. The van der Waals surface area contributed by atoms with Crippen LogP contribution in [0.3, 0.4) is 0 Å². The normalized spacial score (nSPS) is 24.4. The van der Waals surface area contributed by atoms with Crippen LogP contribution in [0.1, 0.15) is 23.4 Å². The molecule has 0 heterocycles. The van der Waals surface area contributed by atoms with Crippen LogP contribution in [0, 0.1) is 0 Å². The molecular weight excluding hydrogens is 200 g/mol. The van der Waals surface area contributed by atoms with Crippen molar-refractivity contribution in [2.75, 3.05) is 0 Å². The minimum Gasteiger partial charge on any atom is -0.460 e. The molecule has 0 unspecified atom stereocenters. The van der Waals surface area contributed by atoms with Gasteiger partial charge in [0.05, 0.1) is 5.38 Å². The highest BCUT2D eigenvalue weighted by molar-refractivity contribution is 6.21. The van der Waals surface area contributed by atoms with Gasteiger partial charge in [-0.25, -0.2) is 0 Å². The van der Waals surface area contributed by atoms with Gasteiger partial charge in [0.15, 0.2) is 0 Å². The van der Waals surface area contributed by atoms with E-state index in [2.05, 4.69) is 0 Å². The summed E-state index contributed by atoms with van der Waals surface area (Å²) >= 11 is 6.18. The number of hydrogen-bond acceptors (Lipinski definition) is 2. The maximum Gasteiger partial charge on any atom is 0.302 e. The quantitative estimate of drug-likeness (QED) is 0.526. The molecule has 1 aromatic carbocycles. The number of fused-ring (bicyclic) bond motifs is 1. The molecule has 1 aromatic rings. The number of esters is 1. The standard InChI is InChI=1S/C11H11ClO2/c1-7(13)14-10-6-8-4-2-3-5-9(8)11(10)12/h2-5,10-11H,6H2,1H3/t10-,11-/m1/s1. The molecule has 1 aliphatic rings. The first-order valence-corrected chi connectivity index (χ1v) is 5.01. The largest absolute Gasteiger partial charge is 0.460 e. The average Bonchev–Trinajstić information content (AvgIpc) is 2.44. The van der Waals surface area contributed by atoms with Crippen LogP contribution in [0.5, 0.6) is 0 Å². The molecule has 2 rings (SSSR count). The fraction of sp³-hybridized carbons (Fsp3) is 0.364. The zero-order chi connectivity index (χ0) is 10.1. The summed E-state index contributed by atoms with van der Waals surface area (Å²) in [6.07, 6.45) is 0.524. The van der Waals surface area contributed by atoms with Crippen molar-refractivity contribution in [3.8, 4) is 0 Å². The van der Waals surface area contributed by atoms with E-state index in [1.54, 1.807) is 0 Å². The third kappa shape index (κ3) is 1.62. The van der Waals surface area contributed by atoms with Gasteiger partial charge in [-0.1, -0.05) is 24.3 Å². The number of halogens is 1. The Morgan fingerprint density at radius 3 is 2.86 bits per heavy atom. The first-order chi connectivity index (χ1) is 6.68. The zero-order valence-corrected chi connectivity index (χ0v) is 8.62. The minimum absolute atomic E-state index is 0.199. The molecule has 0 fully saturated rings. The van der Waals surface area contributed by atoms with E-state index in [0.717, 1.165) is 12.0 Å². The molecule has 74 valence electrons. The molecule has 0 saturated heterocycles. The fourth-order valence-corrected chi connectivity index (χ4v) is 2.18. The van der Waals surface area contributed by atoms with E-state index in [-0.39, 0.29) is 17.5 Å². The molecule has 0 saturated carbocycles. The van der Waals surface area contributed by atoms with Crippen molar-refractivity contribution >= 4 is 17.6 Å². The summed E-state index contributed by atoms with van der Waals surface area (Å²) in [6.45, 7) is 1.41. The predicted octanol–water partition coefficient (Wildman–Crippen LogP) is 2.45. The summed E-state index contributed by atoms with van der Waals surface area (Å²) in [5.74, 6) is -0.270. The summed E-state index contributed by atoms with van der Waals surface area (Å²) in [6, 6.07) is 7.92. The molecule has 1 aliphatic carbocycles. The number of carbonyl (C=O) groups excluding carboxylic acids is 1. The lowest BCUT2D eigenvalue weighted by atomic mass is 10.1. The number of alkyl halides is 1. The van der Waals surface area contributed by atoms with Gasteiger partial charge < -0.3 is 4.74 Å². The first kappa shape index (κ1) is 9.53. The average molecular weight is 211 g/mol. The maximum absolute atomic E-state index is 10.8. The second-order valence-electron chi connectivity index (χ2n) is 3.45. The molecule has 0 aliphatic heterocycles. The lowest BCUT2D eigenvalue weighted by Crippen LogP contribution is -2.18. The van der Waals surface area contributed by atoms with E-state index < -0.39 is 0 Å². The molecule has 0 bridgehead atoms. The van der Waals surface area contributed by atoms with Crippen LogP contribution < -0.4 is 0 Å². The number of carbonyl (C=O) groups is 1. The second-order valence-corrected chi connectivity index (χ2v) is 3.92. The van der Waals surface area contributed by atoms with E-state index >= 15 is 0 Å². The van der Waals surface area contributed by atoms with Gasteiger partial charge in [-0.15, -0.1) is 11.6 Å². The summed E-state index contributed by atoms with van der Waals surface area (Å²) in [7, 11) is 0. The summed E-state index contributed by atoms with van der Waals surface area (Å²) in [5, 5.41) is -0.199. The molecule has 0 spiro atoms. The van der Waals surface area contributed by atoms with E-state index in [9.17, 15) is 4.79 Å². The molecule has 3 heteroatoms. The minimum atomic E-state index is -0.270.